The third-order valence-corrected chi connectivity index (χ3v) is 2.04. The standard InChI is InChI=1S/C10H21N/c1-3-5-7-10(4-2)8-6-9-11/h4,10H,2-3,5-9,11H2,1H3. The molecule has 2 N–H and O–H groups in total. The summed E-state index contributed by atoms with van der Waals surface area (Å²) >= 11 is 0. The van der Waals surface area contributed by atoms with Crippen molar-refractivity contribution in [2.45, 2.75) is 39.0 Å². The monoisotopic (exact) mass is 155 g/mol. The molecule has 0 aromatic heterocycles. The second-order valence-corrected chi connectivity index (χ2v) is 3.07. The lowest BCUT2D eigenvalue weighted by Crippen LogP contribution is -2.03. The second kappa shape index (κ2) is 7.80. The molecule has 1 atom stereocenters. The van der Waals surface area contributed by atoms with Gasteiger partial charge in [-0.15, -0.1) is 6.58 Å². The highest BCUT2D eigenvalue weighted by Gasteiger charge is 2.01. The molecular weight excluding hydrogens is 134 g/mol. The van der Waals surface area contributed by atoms with Crippen LogP contribution in [0.3, 0.4) is 0 Å². The average Bonchev–Trinajstić information content (AvgIpc) is 2.05. The van der Waals surface area contributed by atoms with Gasteiger partial charge in [-0.2, -0.15) is 0 Å². The van der Waals surface area contributed by atoms with Gasteiger partial charge in [0.05, 0.1) is 0 Å². The number of nitrogens with two attached hydrogens (primary N) is 1. The summed E-state index contributed by atoms with van der Waals surface area (Å²) in [5.41, 5.74) is 5.43. The average molecular weight is 155 g/mol. The van der Waals surface area contributed by atoms with Crippen molar-refractivity contribution in [2.24, 2.45) is 11.7 Å². The molecule has 11 heavy (non-hydrogen) atoms. The molecule has 66 valence electrons. The first-order chi connectivity index (χ1) is 5.35. The summed E-state index contributed by atoms with van der Waals surface area (Å²) in [7, 11) is 0. The third kappa shape index (κ3) is 6.11. The molecule has 0 aliphatic heterocycles. The Balaban J connectivity index is 3.33. The fourth-order valence-corrected chi connectivity index (χ4v) is 1.23. The van der Waals surface area contributed by atoms with E-state index in [4.69, 9.17) is 5.73 Å². The number of allylic oxidation sites excluding steroid dienone is 1. The highest BCUT2D eigenvalue weighted by Crippen LogP contribution is 2.14. The van der Waals surface area contributed by atoms with Crippen molar-refractivity contribution in [3.05, 3.63) is 12.7 Å². The Hall–Kier alpha value is -0.300. The lowest BCUT2D eigenvalue weighted by Gasteiger charge is -2.09. The molecule has 1 heteroatoms. The molecule has 0 heterocycles. The summed E-state index contributed by atoms with van der Waals surface area (Å²) in [4.78, 5) is 0. The van der Waals surface area contributed by atoms with Crippen LogP contribution < -0.4 is 5.73 Å². The minimum Gasteiger partial charge on any atom is -0.330 e. The Bertz CT molecular complexity index is 80.9. The van der Waals surface area contributed by atoms with Crippen LogP contribution in [-0.4, -0.2) is 6.54 Å². The predicted octanol–water partition coefficient (Wildman–Crippen LogP) is 2.72. The zero-order valence-corrected chi connectivity index (χ0v) is 7.68. The van der Waals surface area contributed by atoms with E-state index in [9.17, 15) is 0 Å². The van der Waals surface area contributed by atoms with Gasteiger partial charge in [-0.3, -0.25) is 0 Å². The van der Waals surface area contributed by atoms with E-state index in [0.29, 0.717) is 5.92 Å². The highest BCUT2D eigenvalue weighted by molar-refractivity contribution is 4.78. The number of hydrogen-bond acceptors (Lipinski definition) is 1. The van der Waals surface area contributed by atoms with Crippen LogP contribution >= 0.6 is 0 Å². The first-order valence-electron chi connectivity index (χ1n) is 4.67. The van der Waals surface area contributed by atoms with Gasteiger partial charge >= 0.3 is 0 Å². The number of hydrogen-bond donors (Lipinski definition) is 1. The Kier molecular flexibility index (Phi) is 7.59. The summed E-state index contributed by atoms with van der Waals surface area (Å²) in [5.74, 6) is 0.707. The largest absolute Gasteiger partial charge is 0.330 e. The minimum absolute atomic E-state index is 0.707. The lowest BCUT2D eigenvalue weighted by molar-refractivity contribution is 0.505. The fraction of sp³-hybridized carbons (Fsp3) is 0.800. The van der Waals surface area contributed by atoms with Crippen LogP contribution in [0, 0.1) is 5.92 Å². The first-order valence-corrected chi connectivity index (χ1v) is 4.67. The first kappa shape index (κ1) is 10.7. The molecule has 0 fully saturated rings. The zero-order valence-electron chi connectivity index (χ0n) is 7.68. The molecule has 0 aliphatic carbocycles. The Morgan fingerprint density at radius 1 is 1.36 bits per heavy atom. The van der Waals surface area contributed by atoms with Crippen LogP contribution in [0.2, 0.25) is 0 Å². The molecule has 0 aromatic rings. The summed E-state index contributed by atoms with van der Waals surface area (Å²) in [6.45, 7) is 6.87. The molecule has 0 rings (SSSR count). The molecule has 0 amide bonds. The van der Waals surface area contributed by atoms with E-state index < -0.39 is 0 Å². The van der Waals surface area contributed by atoms with E-state index in [2.05, 4.69) is 19.6 Å². The Morgan fingerprint density at radius 3 is 2.45 bits per heavy atom. The molecule has 1 unspecified atom stereocenters. The van der Waals surface area contributed by atoms with E-state index in [1.54, 1.807) is 0 Å². The molecule has 0 saturated heterocycles. The molecule has 0 aliphatic rings. The van der Waals surface area contributed by atoms with E-state index >= 15 is 0 Å². The molecule has 0 bridgehead atoms. The fourth-order valence-electron chi connectivity index (χ4n) is 1.23. The second-order valence-electron chi connectivity index (χ2n) is 3.07. The van der Waals surface area contributed by atoms with E-state index in [1.807, 2.05) is 0 Å². The number of rotatable bonds is 7. The Labute approximate surface area is 70.7 Å². The van der Waals surface area contributed by atoms with E-state index in [1.165, 1.54) is 25.7 Å². The third-order valence-electron chi connectivity index (χ3n) is 2.04. The maximum atomic E-state index is 5.43. The van der Waals surface area contributed by atoms with Gasteiger partial charge in [0.25, 0.3) is 0 Å². The van der Waals surface area contributed by atoms with Crippen molar-refractivity contribution in [3.8, 4) is 0 Å². The van der Waals surface area contributed by atoms with Crippen molar-refractivity contribution < 1.29 is 0 Å². The summed E-state index contributed by atoms with van der Waals surface area (Å²) in [6, 6.07) is 0. The van der Waals surface area contributed by atoms with Gasteiger partial charge in [0.1, 0.15) is 0 Å². The van der Waals surface area contributed by atoms with E-state index in [0.717, 1.165) is 13.0 Å². The summed E-state index contributed by atoms with van der Waals surface area (Å²) < 4.78 is 0. The van der Waals surface area contributed by atoms with E-state index in [-0.39, 0.29) is 0 Å². The van der Waals surface area contributed by atoms with Gasteiger partial charge in [-0.05, 0) is 31.7 Å². The number of unbranched alkanes of at least 4 members (excludes halogenated alkanes) is 1. The SMILES string of the molecule is C=CC(CCCC)CCCN. The van der Waals surface area contributed by atoms with Gasteiger partial charge in [0, 0.05) is 0 Å². The van der Waals surface area contributed by atoms with Crippen LogP contribution in [0.25, 0.3) is 0 Å². The van der Waals surface area contributed by atoms with Crippen molar-refractivity contribution in [3.63, 3.8) is 0 Å². The molecule has 0 saturated carbocycles. The van der Waals surface area contributed by atoms with Gasteiger partial charge in [0.2, 0.25) is 0 Å². The Morgan fingerprint density at radius 2 is 2.00 bits per heavy atom. The van der Waals surface area contributed by atoms with Crippen molar-refractivity contribution in [1.29, 1.82) is 0 Å². The molecule has 1 nitrogen and oxygen atoms in total. The maximum Gasteiger partial charge on any atom is -0.00771 e. The molecule has 0 radical (unpaired) electrons. The van der Waals surface area contributed by atoms with Gasteiger partial charge < -0.3 is 5.73 Å². The lowest BCUT2D eigenvalue weighted by atomic mass is 9.97. The van der Waals surface area contributed by atoms with Gasteiger partial charge in [0.15, 0.2) is 0 Å². The minimum atomic E-state index is 0.707. The van der Waals surface area contributed by atoms with Gasteiger partial charge in [-0.25, -0.2) is 0 Å². The highest BCUT2D eigenvalue weighted by atomic mass is 14.5. The quantitative estimate of drug-likeness (QED) is 0.562. The van der Waals surface area contributed by atoms with Crippen LogP contribution in [0.1, 0.15) is 39.0 Å². The zero-order chi connectivity index (χ0) is 8.53. The summed E-state index contributed by atoms with van der Waals surface area (Å²) in [5, 5.41) is 0. The van der Waals surface area contributed by atoms with Crippen LogP contribution in [0.5, 0.6) is 0 Å². The van der Waals surface area contributed by atoms with Gasteiger partial charge in [-0.1, -0.05) is 25.8 Å². The van der Waals surface area contributed by atoms with Crippen LogP contribution in [0.4, 0.5) is 0 Å². The molecule has 0 aromatic carbocycles. The van der Waals surface area contributed by atoms with Crippen LogP contribution in [0.15, 0.2) is 12.7 Å². The van der Waals surface area contributed by atoms with Crippen molar-refractivity contribution >= 4 is 0 Å². The van der Waals surface area contributed by atoms with Crippen molar-refractivity contribution in [1.82, 2.24) is 0 Å². The predicted molar refractivity (Wildman–Crippen MR) is 51.5 cm³/mol. The summed E-state index contributed by atoms with van der Waals surface area (Å²) in [6.07, 6.45) is 8.33. The molecule has 0 spiro atoms. The maximum absolute atomic E-state index is 5.43. The van der Waals surface area contributed by atoms with Crippen LogP contribution in [-0.2, 0) is 0 Å². The molecular formula is C10H21N. The normalized spacial score (nSPS) is 12.9. The topological polar surface area (TPSA) is 26.0 Å². The smallest absolute Gasteiger partial charge is 0.00771 e. The van der Waals surface area contributed by atoms with Crippen molar-refractivity contribution in [2.75, 3.05) is 6.54 Å².